The second-order valence-corrected chi connectivity index (χ2v) is 8.93. The summed E-state index contributed by atoms with van der Waals surface area (Å²) in [6, 6.07) is 18.0. The van der Waals surface area contributed by atoms with Gasteiger partial charge in [-0.3, -0.25) is 14.5 Å². The third-order valence-corrected chi connectivity index (χ3v) is 6.44. The van der Waals surface area contributed by atoms with Crippen molar-refractivity contribution in [3.63, 3.8) is 0 Å². The van der Waals surface area contributed by atoms with Gasteiger partial charge in [-0.25, -0.2) is 0 Å². The second kappa shape index (κ2) is 10.6. The molecule has 1 aliphatic carbocycles. The highest BCUT2D eigenvalue weighted by atomic mass is 16.2. The Morgan fingerprint density at radius 2 is 1.61 bits per heavy atom. The summed E-state index contributed by atoms with van der Waals surface area (Å²) < 4.78 is 0. The van der Waals surface area contributed by atoms with Crippen LogP contribution in [0.2, 0.25) is 0 Å². The minimum atomic E-state index is 0.0486. The molecule has 1 N–H and O–H groups in total. The van der Waals surface area contributed by atoms with Crippen molar-refractivity contribution >= 4 is 11.8 Å². The average Bonchev–Trinajstić information content (AvgIpc) is 3.30. The highest BCUT2D eigenvalue weighted by molar-refractivity contribution is 5.94. The van der Waals surface area contributed by atoms with Gasteiger partial charge in [-0.15, -0.1) is 0 Å². The van der Waals surface area contributed by atoms with Gasteiger partial charge >= 0.3 is 0 Å². The molecule has 0 unspecified atom stereocenters. The normalized spacial score (nSPS) is 16.4. The number of amides is 2. The number of carbonyl (C=O) groups is 2. The summed E-state index contributed by atoms with van der Waals surface area (Å²) >= 11 is 0. The van der Waals surface area contributed by atoms with Gasteiger partial charge in [0.25, 0.3) is 5.91 Å². The summed E-state index contributed by atoms with van der Waals surface area (Å²) in [4.78, 5) is 29.3. The van der Waals surface area contributed by atoms with Crippen LogP contribution >= 0.6 is 0 Å². The Hall–Kier alpha value is -2.66. The number of hydrogen-bond acceptors (Lipinski definition) is 3. The lowest BCUT2D eigenvalue weighted by atomic mass is 9.85. The summed E-state index contributed by atoms with van der Waals surface area (Å²) in [5.41, 5.74) is 2.99. The Labute approximate surface area is 185 Å². The first kappa shape index (κ1) is 21.6. The summed E-state index contributed by atoms with van der Waals surface area (Å²) in [7, 11) is 0. The van der Waals surface area contributed by atoms with Crippen LogP contribution in [-0.4, -0.2) is 47.8 Å². The van der Waals surface area contributed by atoms with E-state index in [0.29, 0.717) is 13.1 Å². The zero-order valence-corrected chi connectivity index (χ0v) is 18.3. The number of likely N-dealkylation sites (tertiary alicyclic amines) is 1. The molecule has 1 heterocycles. The maximum Gasteiger partial charge on any atom is 0.253 e. The van der Waals surface area contributed by atoms with Crippen LogP contribution in [0.15, 0.2) is 54.6 Å². The lowest BCUT2D eigenvalue weighted by molar-refractivity contribution is -0.122. The van der Waals surface area contributed by atoms with Crippen molar-refractivity contribution in [2.45, 2.75) is 45.2 Å². The van der Waals surface area contributed by atoms with Crippen molar-refractivity contribution in [1.82, 2.24) is 15.1 Å². The van der Waals surface area contributed by atoms with Crippen molar-refractivity contribution in [2.75, 3.05) is 26.2 Å². The molecule has 2 aliphatic rings. The quantitative estimate of drug-likeness (QED) is 0.672. The smallest absolute Gasteiger partial charge is 0.253 e. The van der Waals surface area contributed by atoms with Gasteiger partial charge in [-0.05, 0) is 54.9 Å². The van der Waals surface area contributed by atoms with Gasteiger partial charge in [0.2, 0.25) is 5.91 Å². The van der Waals surface area contributed by atoms with Gasteiger partial charge in [0.15, 0.2) is 0 Å². The van der Waals surface area contributed by atoms with Crippen LogP contribution in [0.5, 0.6) is 0 Å². The van der Waals surface area contributed by atoms with Crippen molar-refractivity contribution < 1.29 is 9.59 Å². The molecule has 2 aromatic carbocycles. The van der Waals surface area contributed by atoms with Crippen molar-refractivity contribution in [3.05, 3.63) is 71.3 Å². The fourth-order valence-corrected chi connectivity index (χ4v) is 4.39. The van der Waals surface area contributed by atoms with Crippen molar-refractivity contribution in [1.29, 1.82) is 0 Å². The predicted molar refractivity (Wildman–Crippen MR) is 122 cm³/mol. The predicted octanol–water partition coefficient (Wildman–Crippen LogP) is 3.84. The first-order valence-corrected chi connectivity index (χ1v) is 11.6. The molecule has 1 saturated carbocycles. The van der Waals surface area contributed by atoms with Crippen LogP contribution in [0.3, 0.4) is 0 Å². The molecule has 2 aromatic rings. The molecule has 164 valence electrons. The van der Waals surface area contributed by atoms with Crippen molar-refractivity contribution in [2.24, 2.45) is 5.92 Å². The Bertz CT molecular complexity index is 856. The number of nitrogens with one attached hydrogen (secondary N) is 1. The Kier molecular flexibility index (Phi) is 7.36. The van der Waals surface area contributed by atoms with Gasteiger partial charge in [-0.2, -0.15) is 0 Å². The minimum Gasteiger partial charge on any atom is -0.351 e. The van der Waals surface area contributed by atoms with E-state index in [1.54, 1.807) is 0 Å². The van der Waals surface area contributed by atoms with Crippen LogP contribution in [0.25, 0.3) is 0 Å². The first-order valence-electron chi connectivity index (χ1n) is 11.6. The van der Waals surface area contributed by atoms with Gasteiger partial charge in [0.1, 0.15) is 0 Å². The molecule has 0 bridgehead atoms. The van der Waals surface area contributed by atoms with E-state index in [-0.39, 0.29) is 11.8 Å². The largest absolute Gasteiger partial charge is 0.351 e. The third-order valence-electron chi connectivity index (χ3n) is 6.44. The van der Waals surface area contributed by atoms with Gasteiger partial charge < -0.3 is 10.2 Å². The Morgan fingerprint density at radius 1 is 0.903 bits per heavy atom. The maximum absolute atomic E-state index is 12.6. The van der Waals surface area contributed by atoms with Gasteiger partial charge in [0.05, 0.1) is 6.54 Å². The van der Waals surface area contributed by atoms with E-state index in [2.05, 4.69) is 34.5 Å². The van der Waals surface area contributed by atoms with E-state index in [1.165, 1.54) is 24.8 Å². The molecule has 2 fully saturated rings. The molecule has 0 atom stereocenters. The zero-order chi connectivity index (χ0) is 21.5. The van der Waals surface area contributed by atoms with Gasteiger partial charge in [0, 0.05) is 38.3 Å². The number of hydrogen-bond donors (Lipinski definition) is 1. The summed E-state index contributed by atoms with van der Waals surface area (Å²) in [5.74, 6) is 0.880. The fraction of sp³-hybridized carbons (Fsp3) is 0.462. The number of nitrogens with zero attached hydrogens (tertiary/aromatic N) is 2. The molecule has 4 rings (SSSR count). The summed E-state index contributed by atoms with van der Waals surface area (Å²) in [6.45, 7) is 4.40. The monoisotopic (exact) mass is 419 g/mol. The van der Waals surface area contributed by atoms with Crippen LogP contribution in [0, 0.1) is 5.92 Å². The zero-order valence-electron chi connectivity index (χ0n) is 18.3. The number of carbonyl (C=O) groups excluding carboxylic acids is 2. The standard InChI is InChI=1S/C26H33N3O2/c30-25(20-28(19-23-9-6-10-23)18-22-7-2-1-3-8-22)27-17-21-11-13-24(14-12-21)26(31)29-15-4-5-16-29/h1-3,7-8,11-14,23H,4-6,9-10,15-20H2,(H,27,30). The Balaban J connectivity index is 1.27. The number of rotatable bonds is 9. The molecule has 5 heteroatoms. The van der Waals surface area contributed by atoms with E-state index < -0.39 is 0 Å². The average molecular weight is 420 g/mol. The molecular formula is C26H33N3O2. The second-order valence-electron chi connectivity index (χ2n) is 8.93. The molecule has 2 amide bonds. The molecule has 1 saturated heterocycles. The highest BCUT2D eigenvalue weighted by Crippen LogP contribution is 2.27. The minimum absolute atomic E-state index is 0.0486. The van der Waals surface area contributed by atoms with E-state index in [1.807, 2.05) is 35.2 Å². The van der Waals surface area contributed by atoms with Crippen LogP contribution in [0.1, 0.15) is 53.6 Å². The lowest BCUT2D eigenvalue weighted by Gasteiger charge is -2.32. The SMILES string of the molecule is O=C(CN(Cc1ccccc1)CC1CCC1)NCc1ccc(C(=O)N2CCCC2)cc1. The summed E-state index contributed by atoms with van der Waals surface area (Å²) in [6.07, 6.45) is 6.05. The maximum atomic E-state index is 12.6. The molecule has 31 heavy (non-hydrogen) atoms. The van der Waals surface area contributed by atoms with Crippen LogP contribution in [-0.2, 0) is 17.9 Å². The lowest BCUT2D eigenvalue weighted by Crippen LogP contribution is -2.40. The highest BCUT2D eigenvalue weighted by Gasteiger charge is 2.22. The first-order chi connectivity index (χ1) is 15.2. The molecule has 5 nitrogen and oxygen atoms in total. The van der Waals surface area contributed by atoms with Crippen LogP contribution < -0.4 is 5.32 Å². The topological polar surface area (TPSA) is 52.7 Å². The number of benzene rings is 2. The fourth-order valence-electron chi connectivity index (χ4n) is 4.39. The molecule has 0 aromatic heterocycles. The van der Waals surface area contributed by atoms with Crippen LogP contribution in [0.4, 0.5) is 0 Å². The molecular weight excluding hydrogens is 386 g/mol. The molecule has 1 aliphatic heterocycles. The molecule has 0 radical (unpaired) electrons. The molecule has 0 spiro atoms. The van der Waals surface area contributed by atoms with E-state index >= 15 is 0 Å². The van der Waals surface area contributed by atoms with Crippen molar-refractivity contribution in [3.8, 4) is 0 Å². The third kappa shape index (κ3) is 6.17. The van der Waals surface area contributed by atoms with Gasteiger partial charge in [-0.1, -0.05) is 48.9 Å². The van der Waals surface area contributed by atoms with E-state index in [0.717, 1.165) is 56.1 Å². The van der Waals surface area contributed by atoms with E-state index in [4.69, 9.17) is 0 Å². The Morgan fingerprint density at radius 3 is 2.26 bits per heavy atom. The van der Waals surface area contributed by atoms with E-state index in [9.17, 15) is 9.59 Å². The summed E-state index contributed by atoms with van der Waals surface area (Å²) in [5, 5.41) is 3.05.